The summed E-state index contributed by atoms with van der Waals surface area (Å²) < 4.78 is 25.9. The van der Waals surface area contributed by atoms with Gasteiger partial charge in [0.2, 0.25) is 0 Å². The minimum atomic E-state index is -3.67. The summed E-state index contributed by atoms with van der Waals surface area (Å²) in [5, 5.41) is 8.99. The van der Waals surface area contributed by atoms with Crippen molar-refractivity contribution in [2.24, 2.45) is 0 Å². The van der Waals surface area contributed by atoms with E-state index in [1.807, 2.05) is 0 Å². The van der Waals surface area contributed by atoms with Crippen molar-refractivity contribution < 1.29 is 18.1 Å². The Morgan fingerprint density at radius 2 is 1.79 bits per heavy atom. The minimum absolute atomic E-state index is 0.274. The molecule has 0 atom stereocenters. The van der Waals surface area contributed by atoms with Crippen LogP contribution in [0.3, 0.4) is 0 Å². The van der Waals surface area contributed by atoms with E-state index < -0.39 is 10.1 Å². The van der Waals surface area contributed by atoms with E-state index in [1.54, 1.807) is 0 Å². The molecule has 108 valence electrons. The average Bonchev–Trinajstić information content (AvgIpc) is 2.53. The first-order valence-electron chi connectivity index (χ1n) is 6.55. The van der Waals surface area contributed by atoms with Crippen molar-refractivity contribution >= 4 is 10.1 Å². The van der Waals surface area contributed by atoms with Crippen LogP contribution in [0.25, 0.3) is 0 Å². The van der Waals surface area contributed by atoms with Gasteiger partial charge in [0.1, 0.15) is 0 Å². The molecule has 0 bridgehead atoms. The molecule has 5 heteroatoms. The number of fused-ring (bicyclic) bond motifs is 1. The van der Waals surface area contributed by atoms with Gasteiger partial charge in [-0.2, -0.15) is 8.42 Å². The smallest absolute Gasteiger partial charge is 0.261 e. The van der Waals surface area contributed by atoms with E-state index in [1.165, 1.54) is 48.8 Å². The second kappa shape index (κ2) is 7.62. The van der Waals surface area contributed by atoms with Crippen molar-refractivity contribution in [1.29, 1.82) is 0 Å². The SMILES string of the molecule is CS(=O)(=O)O.OCCc1cccc2c1CCCCC2. The molecule has 4 nitrogen and oxygen atoms in total. The maximum Gasteiger partial charge on any atom is 0.261 e. The molecule has 0 radical (unpaired) electrons. The van der Waals surface area contributed by atoms with Gasteiger partial charge in [-0.3, -0.25) is 4.55 Å². The molecule has 2 rings (SSSR count). The highest BCUT2D eigenvalue weighted by molar-refractivity contribution is 7.85. The lowest BCUT2D eigenvalue weighted by Crippen LogP contribution is -2.00. The largest absolute Gasteiger partial charge is 0.396 e. The molecule has 1 aromatic carbocycles. The fourth-order valence-electron chi connectivity index (χ4n) is 2.39. The molecule has 1 aromatic rings. The van der Waals surface area contributed by atoms with Gasteiger partial charge in [0.05, 0.1) is 6.26 Å². The standard InChI is InChI=1S/C13H18O.CH4O3S/c14-10-9-12-7-4-6-11-5-2-1-3-8-13(11)12;1-5(2,3)4/h4,6-7,14H,1-3,5,8-10H2;1H3,(H,2,3,4). The molecule has 0 aromatic heterocycles. The first kappa shape index (κ1) is 16.1. The van der Waals surface area contributed by atoms with Gasteiger partial charge >= 0.3 is 0 Å². The van der Waals surface area contributed by atoms with Gasteiger partial charge in [0, 0.05) is 6.61 Å². The van der Waals surface area contributed by atoms with Crippen molar-refractivity contribution in [3.05, 3.63) is 34.9 Å². The van der Waals surface area contributed by atoms with E-state index in [4.69, 9.17) is 9.66 Å². The summed E-state index contributed by atoms with van der Waals surface area (Å²) in [6.45, 7) is 0.274. The molecule has 0 aliphatic heterocycles. The van der Waals surface area contributed by atoms with Crippen LogP contribution < -0.4 is 0 Å². The van der Waals surface area contributed by atoms with E-state index in [-0.39, 0.29) is 6.61 Å². The Morgan fingerprint density at radius 1 is 1.16 bits per heavy atom. The number of benzene rings is 1. The summed E-state index contributed by atoms with van der Waals surface area (Å²) in [6.07, 6.45) is 7.98. The van der Waals surface area contributed by atoms with Gasteiger partial charge in [-0.15, -0.1) is 0 Å². The zero-order valence-electron chi connectivity index (χ0n) is 11.3. The Kier molecular flexibility index (Phi) is 6.48. The number of hydrogen-bond acceptors (Lipinski definition) is 3. The lowest BCUT2D eigenvalue weighted by molar-refractivity contribution is 0.299. The average molecular weight is 286 g/mol. The normalized spacial score (nSPS) is 14.9. The third-order valence-corrected chi connectivity index (χ3v) is 3.12. The molecule has 0 fully saturated rings. The first-order valence-corrected chi connectivity index (χ1v) is 8.39. The highest BCUT2D eigenvalue weighted by Crippen LogP contribution is 2.23. The van der Waals surface area contributed by atoms with Crippen LogP contribution in [0.2, 0.25) is 0 Å². The summed E-state index contributed by atoms with van der Waals surface area (Å²) in [5.74, 6) is 0. The summed E-state index contributed by atoms with van der Waals surface area (Å²) >= 11 is 0. The lowest BCUT2D eigenvalue weighted by Gasteiger charge is -2.11. The number of aliphatic hydroxyl groups is 1. The van der Waals surface area contributed by atoms with Crippen LogP contribution in [-0.2, 0) is 29.4 Å². The Bertz CT molecular complexity index is 486. The van der Waals surface area contributed by atoms with Gasteiger partial charge in [0.25, 0.3) is 10.1 Å². The zero-order valence-corrected chi connectivity index (χ0v) is 12.1. The predicted molar refractivity (Wildman–Crippen MR) is 76.0 cm³/mol. The van der Waals surface area contributed by atoms with Crippen LogP contribution in [-0.4, -0.2) is 30.9 Å². The Labute approximate surface area is 115 Å². The molecule has 2 N–H and O–H groups in total. The predicted octanol–water partition coefficient (Wildman–Crippen LogP) is 1.99. The minimum Gasteiger partial charge on any atom is -0.396 e. The maximum atomic E-state index is 9.19. The second-order valence-electron chi connectivity index (χ2n) is 4.82. The van der Waals surface area contributed by atoms with E-state index in [0.29, 0.717) is 6.26 Å². The third-order valence-electron chi connectivity index (χ3n) is 3.12. The molecule has 0 spiro atoms. The molecule has 0 amide bonds. The summed E-state index contributed by atoms with van der Waals surface area (Å²) in [4.78, 5) is 0. The van der Waals surface area contributed by atoms with Crippen molar-refractivity contribution in [1.82, 2.24) is 0 Å². The maximum absolute atomic E-state index is 9.19. The van der Waals surface area contributed by atoms with Gasteiger partial charge in [-0.05, 0) is 48.8 Å². The highest BCUT2D eigenvalue weighted by Gasteiger charge is 2.10. The van der Waals surface area contributed by atoms with Crippen LogP contribution in [0.5, 0.6) is 0 Å². The Morgan fingerprint density at radius 3 is 2.42 bits per heavy atom. The number of rotatable bonds is 2. The quantitative estimate of drug-likeness (QED) is 0.644. The Balaban J connectivity index is 0.000000312. The van der Waals surface area contributed by atoms with Gasteiger partial charge in [-0.25, -0.2) is 0 Å². The van der Waals surface area contributed by atoms with Crippen LogP contribution >= 0.6 is 0 Å². The molecule has 1 aliphatic rings. The second-order valence-corrected chi connectivity index (χ2v) is 6.29. The fourth-order valence-corrected chi connectivity index (χ4v) is 2.39. The van der Waals surface area contributed by atoms with Crippen molar-refractivity contribution in [2.75, 3.05) is 12.9 Å². The summed E-state index contributed by atoms with van der Waals surface area (Å²) in [5.41, 5.74) is 4.42. The van der Waals surface area contributed by atoms with Crippen LogP contribution in [0, 0.1) is 0 Å². The van der Waals surface area contributed by atoms with Gasteiger partial charge in [-0.1, -0.05) is 24.6 Å². The van der Waals surface area contributed by atoms with Crippen molar-refractivity contribution in [2.45, 2.75) is 38.5 Å². The molecule has 0 saturated heterocycles. The molecule has 19 heavy (non-hydrogen) atoms. The van der Waals surface area contributed by atoms with Crippen LogP contribution in [0.4, 0.5) is 0 Å². The zero-order chi connectivity index (χ0) is 14.3. The number of aliphatic hydroxyl groups excluding tert-OH is 1. The monoisotopic (exact) mass is 286 g/mol. The number of aryl methyl sites for hydroxylation is 1. The fraction of sp³-hybridized carbons (Fsp3) is 0.571. The summed E-state index contributed by atoms with van der Waals surface area (Å²) in [6, 6.07) is 6.55. The van der Waals surface area contributed by atoms with Gasteiger partial charge in [0.15, 0.2) is 0 Å². The number of hydrogen-bond donors (Lipinski definition) is 2. The molecule has 1 aliphatic carbocycles. The van der Waals surface area contributed by atoms with E-state index in [0.717, 1.165) is 6.42 Å². The van der Waals surface area contributed by atoms with Crippen LogP contribution in [0.15, 0.2) is 18.2 Å². The van der Waals surface area contributed by atoms with Crippen LogP contribution in [0.1, 0.15) is 36.0 Å². The molecule has 0 heterocycles. The summed E-state index contributed by atoms with van der Waals surface area (Å²) in [7, 11) is -3.67. The topological polar surface area (TPSA) is 74.6 Å². The van der Waals surface area contributed by atoms with Gasteiger partial charge < -0.3 is 5.11 Å². The van der Waals surface area contributed by atoms with E-state index in [9.17, 15) is 8.42 Å². The van der Waals surface area contributed by atoms with E-state index in [2.05, 4.69) is 18.2 Å². The first-order chi connectivity index (χ1) is 8.92. The lowest BCUT2D eigenvalue weighted by atomic mass is 9.95. The molecule has 0 saturated carbocycles. The molecule has 0 unspecified atom stereocenters. The van der Waals surface area contributed by atoms with Crippen molar-refractivity contribution in [3.8, 4) is 0 Å². The molecular formula is C14H22O4S. The highest BCUT2D eigenvalue weighted by atomic mass is 32.2. The van der Waals surface area contributed by atoms with Crippen molar-refractivity contribution in [3.63, 3.8) is 0 Å². The third kappa shape index (κ3) is 6.71. The Hall–Kier alpha value is -0.910. The molecular weight excluding hydrogens is 264 g/mol. The van der Waals surface area contributed by atoms with E-state index >= 15 is 0 Å².